The number of carbonyl (C=O) groups excluding carboxylic acids is 1. The van der Waals surface area contributed by atoms with Gasteiger partial charge in [0, 0.05) is 22.6 Å². The van der Waals surface area contributed by atoms with Gasteiger partial charge in [0.2, 0.25) is 0 Å². The number of para-hydroxylation sites is 1. The molecule has 24 heavy (non-hydrogen) atoms. The van der Waals surface area contributed by atoms with E-state index in [4.69, 9.17) is 23.2 Å². The second-order valence-corrected chi connectivity index (χ2v) is 5.97. The highest BCUT2D eigenvalue weighted by Gasteiger charge is 2.08. The smallest absolute Gasteiger partial charge is 0.255 e. The lowest BCUT2D eigenvalue weighted by molar-refractivity contribution is 0.102. The van der Waals surface area contributed by atoms with Crippen molar-refractivity contribution >= 4 is 46.2 Å². The Labute approximate surface area is 150 Å². The van der Waals surface area contributed by atoms with Crippen LogP contribution < -0.4 is 10.6 Å². The van der Waals surface area contributed by atoms with Crippen LogP contribution in [0.5, 0.6) is 0 Å². The molecule has 0 unspecified atom stereocenters. The molecule has 0 fully saturated rings. The van der Waals surface area contributed by atoms with Crippen molar-refractivity contribution in [2.24, 2.45) is 0 Å². The number of hydrogen-bond acceptors (Lipinski definition) is 2. The molecule has 0 aliphatic carbocycles. The van der Waals surface area contributed by atoms with Gasteiger partial charge in [0.15, 0.2) is 0 Å². The highest BCUT2D eigenvalue weighted by atomic mass is 35.5. The molecule has 5 heteroatoms. The third-order valence-corrected chi connectivity index (χ3v) is 4.13. The molecule has 0 atom stereocenters. The molecule has 0 heterocycles. The van der Waals surface area contributed by atoms with Crippen LogP contribution in [-0.2, 0) is 0 Å². The van der Waals surface area contributed by atoms with E-state index in [2.05, 4.69) is 10.6 Å². The monoisotopic (exact) mass is 356 g/mol. The molecule has 0 aliphatic heterocycles. The largest absolute Gasteiger partial charge is 0.356 e. The summed E-state index contributed by atoms with van der Waals surface area (Å²) >= 11 is 11.8. The maximum absolute atomic E-state index is 12.2. The zero-order valence-corrected chi connectivity index (χ0v) is 14.1. The van der Waals surface area contributed by atoms with Crippen molar-refractivity contribution < 1.29 is 4.79 Å². The number of halogens is 2. The van der Waals surface area contributed by atoms with Gasteiger partial charge in [0.1, 0.15) is 0 Å². The Kier molecular flexibility index (Phi) is 5.04. The maximum atomic E-state index is 12.2. The minimum absolute atomic E-state index is 0.239. The molecule has 120 valence electrons. The van der Waals surface area contributed by atoms with E-state index in [-0.39, 0.29) is 5.91 Å². The third-order valence-electron chi connectivity index (χ3n) is 3.39. The fraction of sp³-hybridized carbons (Fsp3) is 0. The van der Waals surface area contributed by atoms with E-state index in [1.165, 1.54) is 0 Å². The Morgan fingerprint density at radius 2 is 1.33 bits per heavy atom. The second kappa shape index (κ2) is 7.39. The molecule has 0 aromatic heterocycles. The standard InChI is InChI=1S/C19H14Cl2N2O/c20-17-11-6-13(12-18(17)21)19(24)23-16-9-7-15(8-10-16)22-14-4-2-1-3-5-14/h1-12,22H,(H,23,24). The van der Waals surface area contributed by atoms with Gasteiger partial charge in [-0.15, -0.1) is 0 Å². The van der Waals surface area contributed by atoms with E-state index in [9.17, 15) is 4.79 Å². The zero-order valence-electron chi connectivity index (χ0n) is 12.6. The van der Waals surface area contributed by atoms with Crippen LogP contribution in [0.4, 0.5) is 17.1 Å². The van der Waals surface area contributed by atoms with E-state index < -0.39 is 0 Å². The van der Waals surface area contributed by atoms with Crippen molar-refractivity contribution in [3.63, 3.8) is 0 Å². The van der Waals surface area contributed by atoms with E-state index in [1.54, 1.807) is 18.2 Å². The molecular weight excluding hydrogens is 343 g/mol. The topological polar surface area (TPSA) is 41.1 Å². The van der Waals surface area contributed by atoms with Gasteiger partial charge < -0.3 is 10.6 Å². The van der Waals surface area contributed by atoms with Gasteiger partial charge in [-0.1, -0.05) is 41.4 Å². The SMILES string of the molecule is O=C(Nc1ccc(Nc2ccccc2)cc1)c1ccc(Cl)c(Cl)c1. The Bertz CT molecular complexity index is 849. The molecule has 3 aromatic rings. The fourth-order valence-electron chi connectivity index (χ4n) is 2.17. The molecule has 0 saturated carbocycles. The molecule has 1 amide bonds. The quantitative estimate of drug-likeness (QED) is 0.602. The van der Waals surface area contributed by atoms with Crippen LogP contribution in [0.25, 0.3) is 0 Å². The molecule has 2 N–H and O–H groups in total. The summed E-state index contributed by atoms with van der Waals surface area (Å²) in [6.45, 7) is 0. The Morgan fingerprint density at radius 1 is 0.708 bits per heavy atom. The minimum atomic E-state index is -0.239. The van der Waals surface area contributed by atoms with Crippen molar-refractivity contribution in [2.45, 2.75) is 0 Å². The molecular formula is C19H14Cl2N2O. The lowest BCUT2D eigenvalue weighted by Crippen LogP contribution is -2.11. The first-order chi connectivity index (χ1) is 11.6. The molecule has 0 radical (unpaired) electrons. The zero-order chi connectivity index (χ0) is 16.9. The first-order valence-corrected chi connectivity index (χ1v) is 8.06. The molecule has 0 aliphatic rings. The molecule has 0 bridgehead atoms. The summed E-state index contributed by atoms with van der Waals surface area (Å²) < 4.78 is 0. The fourth-order valence-corrected chi connectivity index (χ4v) is 2.46. The van der Waals surface area contributed by atoms with E-state index in [0.717, 1.165) is 11.4 Å². The summed E-state index contributed by atoms with van der Waals surface area (Å²) in [5.41, 5.74) is 3.10. The predicted octanol–water partition coefficient (Wildman–Crippen LogP) is 5.99. The van der Waals surface area contributed by atoms with Crippen molar-refractivity contribution in [2.75, 3.05) is 10.6 Å². The lowest BCUT2D eigenvalue weighted by atomic mass is 10.2. The number of nitrogens with one attached hydrogen (secondary N) is 2. The van der Waals surface area contributed by atoms with E-state index in [1.807, 2.05) is 54.6 Å². The van der Waals surface area contributed by atoms with Crippen molar-refractivity contribution in [1.82, 2.24) is 0 Å². The van der Waals surface area contributed by atoms with Gasteiger partial charge in [-0.05, 0) is 54.6 Å². The normalized spacial score (nSPS) is 10.2. The lowest BCUT2D eigenvalue weighted by Gasteiger charge is -2.09. The summed E-state index contributed by atoms with van der Waals surface area (Å²) in [7, 11) is 0. The molecule has 3 aromatic carbocycles. The number of benzene rings is 3. The van der Waals surface area contributed by atoms with E-state index >= 15 is 0 Å². The van der Waals surface area contributed by atoms with Crippen molar-refractivity contribution in [3.05, 3.63) is 88.4 Å². The Hall–Kier alpha value is -2.49. The van der Waals surface area contributed by atoms with Gasteiger partial charge in [-0.25, -0.2) is 0 Å². The van der Waals surface area contributed by atoms with Crippen molar-refractivity contribution in [3.8, 4) is 0 Å². The molecule has 0 spiro atoms. The van der Waals surface area contributed by atoms with Crippen LogP contribution >= 0.6 is 23.2 Å². The van der Waals surface area contributed by atoms with Gasteiger partial charge in [-0.3, -0.25) is 4.79 Å². The van der Waals surface area contributed by atoms with Crippen LogP contribution in [0.2, 0.25) is 10.0 Å². The molecule has 3 rings (SSSR count). The van der Waals surface area contributed by atoms with Crippen LogP contribution in [0, 0.1) is 0 Å². The number of rotatable bonds is 4. The van der Waals surface area contributed by atoms with Crippen LogP contribution in [-0.4, -0.2) is 5.91 Å². The van der Waals surface area contributed by atoms with Crippen molar-refractivity contribution in [1.29, 1.82) is 0 Å². The third kappa shape index (κ3) is 4.07. The maximum Gasteiger partial charge on any atom is 0.255 e. The summed E-state index contributed by atoms with van der Waals surface area (Å²) in [6, 6.07) is 22.1. The van der Waals surface area contributed by atoms with Crippen LogP contribution in [0.1, 0.15) is 10.4 Å². The Balaban J connectivity index is 1.67. The number of anilines is 3. The highest BCUT2D eigenvalue weighted by Crippen LogP contribution is 2.23. The highest BCUT2D eigenvalue weighted by molar-refractivity contribution is 6.42. The number of amides is 1. The predicted molar refractivity (Wildman–Crippen MR) is 101 cm³/mol. The van der Waals surface area contributed by atoms with Gasteiger partial charge in [-0.2, -0.15) is 0 Å². The Morgan fingerprint density at radius 3 is 2.00 bits per heavy atom. The average molecular weight is 357 g/mol. The second-order valence-electron chi connectivity index (χ2n) is 5.15. The average Bonchev–Trinajstić information content (AvgIpc) is 2.60. The first-order valence-electron chi connectivity index (χ1n) is 7.30. The summed E-state index contributed by atoms with van der Waals surface area (Å²) in [6.07, 6.45) is 0. The summed E-state index contributed by atoms with van der Waals surface area (Å²) in [4.78, 5) is 12.2. The van der Waals surface area contributed by atoms with Gasteiger partial charge in [0.25, 0.3) is 5.91 Å². The number of carbonyl (C=O) groups is 1. The van der Waals surface area contributed by atoms with E-state index in [0.29, 0.717) is 21.3 Å². The number of hydrogen-bond donors (Lipinski definition) is 2. The summed E-state index contributed by atoms with van der Waals surface area (Å²) in [5, 5.41) is 6.89. The van der Waals surface area contributed by atoms with Gasteiger partial charge in [0.05, 0.1) is 10.0 Å². The summed E-state index contributed by atoms with van der Waals surface area (Å²) in [5.74, 6) is -0.239. The van der Waals surface area contributed by atoms with Crippen LogP contribution in [0.15, 0.2) is 72.8 Å². The molecule has 3 nitrogen and oxygen atoms in total. The van der Waals surface area contributed by atoms with Crippen LogP contribution in [0.3, 0.4) is 0 Å². The molecule has 0 saturated heterocycles. The first kappa shape index (κ1) is 16.4. The van der Waals surface area contributed by atoms with Gasteiger partial charge >= 0.3 is 0 Å². The minimum Gasteiger partial charge on any atom is -0.356 e.